The Hall–Kier alpha value is 0.230. The average molecular weight is 219 g/mol. The minimum absolute atomic E-state index is 0.368. The summed E-state index contributed by atoms with van der Waals surface area (Å²) < 4.78 is 5.60. The molecule has 0 aromatic rings. The normalized spacial score (nSPS) is 20.8. The molecule has 84 valence electrons. The van der Waals surface area contributed by atoms with Crippen molar-refractivity contribution >= 4 is 11.8 Å². The number of hydrogen-bond donors (Lipinski definition) is 2. The lowest BCUT2D eigenvalue weighted by Gasteiger charge is -2.15. The molecule has 1 saturated carbocycles. The molecule has 1 atom stereocenters. The first-order valence-corrected chi connectivity index (χ1v) is 6.46. The van der Waals surface area contributed by atoms with Crippen LogP contribution in [0.3, 0.4) is 0 Å². The van der Waals surface area contributed by atoms with Crippen molar-refractivity contribution in [3.8, 4) is 0 Å². The highest BCUT2D eigenvalue weighted by Crippen LogP contribution is 2.46. The molecule has 14 heavy (non-hydrogen) atoms. The molecule has 0 radical (unpaired) electrons. The Morgan fingerprint density at radius 1 is 1.57 bits per heavy atom. The van der Waals surface area contributed by atoms with Gasteiger partial charge in [-0.25, -0.2) is 0 Å². The van der Waals surface area contributed by atoms with Crippen LogP contribution < -0.4 is 5.32 Å². The van der Waals surface area contributed by atoms with Gasteiger partial charge in [0.25, 0.3) is 0 Å². The SMILES string of the molecule is CCOCC(O)CNCC1(SC)CC1. The Morgan fingerprint density at radius 2 is 2.29 bits per heavy atom. The second kappa shape index (κ2) is 5.95. The van der Waals surface area contributed by atoms with Crippen LogP contribution in [-0.2, 0) is 4.74 Å². The van der Waals surface area contributed by atoms with Gasteiger partial charge in [0.05, 0.1) is 12.7 Å². The van der Waals surface area contributed by atoms with Crippen molar-refractivity contribution in [1.82, 2.24) is 5.32 Å². The summed E-state index contributed by atoms with van der Waals surface area (Å²) in [5.41, 5.74) is 0. The van der Waals surface area contributed by atoms with Crippen LogP contribution in [0.1, 0.15) is 19.8 Å². The summed E-state index contributed by atoms with van der Waals surface area (Å²) in [6, 6.07) is 0. The van der Waals surface area contributed by atoms with Gasteiger partial charge in [-0.1, -0.05) is 0 Å². The van der Waals surface area contributed by atoms with E-state index in [4.69, 9.17) is 4.74 Å². The average Bonchev–Trinajstić information content (AvgIpc) is 2.96. The van der Waals surface area contributed by atoms with E-state index in [1.807, 2.05) is 18.7 Å². The quantitative estimate of drug-likeness (QED) is 0.635. The minimum Gasteiger partial charge on any atom is -0.389 e. The molecule has 1 fully saturated rings. The van der Waals surface area contributed by atoms with E-state index in [-0.39, 0.29) is 6.10 Å². The van der Waals surface area contributed by atoms with Gasteiger partial charge in [-0.2, -0.15) is 11.8 Å². The summed E-state index contributed by atoms with van der Waals surface area (Å²) >= 11 is 1.93. The van der Waals surface area contributed by atoms with Crippen molar-refractivity contribution in [1.29, 1.82) is 0 Å². The van der Waals surface area contributed by atoms with Gasteiger partial charge < -0.3 is 15.2 Å². The van der Waals surface area contributed by atoms with E-state index in [0.29, 0.717) is 24.5 Å². The van der Waals surface area contributed by atoms with E-state index in [1.165, 1.54) is 12.8 Å². The van der Waals surface area contributed by atoms with Gasteiger partial charge in [0.2, 0.25) is 0 Å². The molecule has 0 aliphatic heterocycles. The Balaban J connectivity index is 1.97. The first-order valence-electron chi connectivity index (χ1n) is 5.24. The van der Waals surface area contributed by atoms with Crippen LogP contribution in [0.15, 0.2) is 0 Å². The lowest BCUT2D eigenvalue weighted by atomic mass is 10.3. The van der Waals surface area contributed by atoms with E-state index in [9.17, 15) is 5.11 Å². The van der Waals surface area contributed by atoms with E-state index in [2.05, 4.69) is 11.6 Å². The first-order chi connectivity index (χ1) is 6.72. The molecule has 0 amide bonds. The number of nitrogens with one attached hydrogen (secondary N) is 1. The molecule has 0 spiro atoms. The lowest BCUT2D eigenvalue weighted by Crippen LogP contribution is -2.35. The van der Waals surface area contributed by atoms with Gasteiger partial charge in [0.15, 0.2) is 0 Å². The smallest absolute Gasteiger partial charge is 0.0897 e. The van der Waals surface area contributed by atoms with Gasteiger partial charge in [-0.05, 0) is 26.0 Å². The van der Waals surface area contributed by atoms with E-state index >= 15 is 0 Å². The predicted octanol–water partition coefficient (Wildman–Crippen LogP) is 0.869. The van der Waals surface area contributed by atoms with Gasteiger partial charge >= 0.3 is 0 Å². The maximum Gasteiger partial charge on any atom is 0.0897 e. The molecule has 1 rings (SSSR count). The molecule has 1 aliphatic rings. The number of aliphatic hydroxyl groups excluding tert-OH is 1. The molecular formula is C10H21NO2S. The van der Waals surface area contributed by atoms with Gasteiger partial charge in [-0.3, -0.25) is 0 Å². The standard InChI is InChI=1S/C10H21NO2S/c1-3-13-7-9(12)6-11-8-10(14-2)4-5-10/h9,11-12H,3-8H2,1-2H3. The van der Waals surface area contributed by atoms with Crippen molar-refractivity contribution in [2.75, 3.05) is 32.6 Å². The van der Waals surface area contributed by atoms with Crippen LogP contribution in [0.2, 0.25) is 0 Å². The van der Waals surface area contributed by atoms with Crippen molar-refractivity contribution in [2.24, 2.45) is 0 Å². The third-order valence-corrected chi connectivity index (χ3v) is 4.00. The fourth-order valence-corrected chi connectivity index (χ4v) is 2.13. The van der Waals surface area contributed by atoms with Crippen molar-refractivity contribution < 1.29 is 9.84 Å². The number of ether oxygens (including phenoxy) is 1. The fraction of sp³-hybridized carbons (Fsp3) is 1.00. The maximum absolute atomic E-state index is 9.48. The highest BCUT2D eigenvalue weighted by atomic mass is 32.2. The van der Waals surface area contributed by atoms with Crippen molar-refractivity contribution in [2.45, 2.75) is 30.6 Å². The second-order valence-corrected chi connectivity index (χ2v) is 5.11. The molecule has 0 bridgehead atoms. The molecule has 0 aromatic carbocycles. The molecule has 0 saturated heterocycles. The summed E-state index contributed by atoms with van der Waals surface area (Å²) in [4.78, 5) is 0. The molecule has 0 aromatic heterocycles. The fourth-order valence-electron chi connectivity index (χ4n) is 1.37. The van der Waals surface area contributed by atoms with Gasteiger partial charge in [-0.15, -0.1) is 0 Å². The predicted molar refractivity (Wildman–Crippen MR) is 60.8 cm³/mol. The molecule has 1 aliphatic carbocycles. The Morgan fingerprint density at radius 3 is 2.79 bits per heavy atom. The van der Waals surface area contributed by atoms with Gasteiger partial charge in [0, 0.05) is 24.4 Å². The summed E-state index contributed by atoms with van der Waals surface area (Å²) in [5.74, 6) is 0. The third-order valence-electron chi connectivity index (χ3n) is 2.58. The lowest BCUT2D eigenvalue weighted by molar-refractivity contribution is 0.0429. The number of aliphatic hydroxyl groups is 1. The van der Waals surface area contributed by atoms with Crippen LogP contribution >= 0.6 is 11.8 Å². The van der Waals surface area contributed by atoms with Crippen LogP contribution in [0.4, 0.5) is 0 Å². The van der Waals surface area contributed by atoms with Crippen molar-refractivity contribution in [3.05, 3.63) is 0 Å². The number of hydrogen-bond acceptors (Lipinski definition) is 4. The molecule has 4 heteroatoms. The van der Waals surface area contributed by atoms with Gasteiger partial charge in [0.1, 0.15) is 0 Å². The second-order valence-electron chi connectivity index (χ2n) is 3.83. The first kappa shape index (κ1) is 12.3. The van der Waals surface area contributed by atoms with Crippen LogP contribution in [-0.4, -0.2) is 48.5 Å². The van der Waals surface area contributed by atoms with Crippen LogP contribution in [0, 0.1) is 0 Å². The highest BCUT2D eigenvalue weighted by molar-refractivity contribution is 8.00. The zero-order valence-corrected chi connectivity index (χ0v) is 9.90. The minimum atomic E-state index is -0.368. The van der Waals surface area contributed by atoms with E-state index in [1.54, 1.807) is 0 Å². The molecule has 0 heterocycles. The Kier molecular flexibility index (Phi) is 5.23. The zero-order valence-electron chi connectivity index (χ0n) is 9.08. The van der Waals surface area contributed by atoms with Crippen LogP contribution in [0.25, 0.3) is 0 Å². The molecule has 2 N–H and O–H groups in total. The topological polar surface area (TPSA) is 41.5 Å². The summed E-state index contributed by atoms with van der Waals surface area (Å²) in [6.07, 6.45) is 4.41. The Bertz CT molecular complexity index is 162. The summed E-state index contributed by atoms with van der Waals surface area (Å²) in [7, 11) is 0. The molecular weight excluding hydrogens is 198 g/mol. The van der Waals surface area contributed by atoms with E-state index < -0.39 is 0 Å². The van der Waals surface area contributed by atoms with E-state index in [0.717, 1.165) is 6.54 Å². The Labute approximate surface area is 90.6 Å². The van der Waals surface area contributed by atoms with Crippen molar-refractivity contribution in [3.63, 3.8) is 0 Å². The van der Waals surface area contributed by atoms with Crippen LogP contribution in [0.5, 0.6) is 0 Å². The number of rotatable bonds is 8. The highest BCUT2D eigenvalue weighted by Gasteiger charge is 2.41. The monoisotopic (exact) mass is 219 g/mol. The largest absolute Gasteiger partial charge is 0.389 e. The zero-order chi connectivity index (χ0) is 10.4. The summed E-state index contributed by atoms with van der Waals surface area (Å²) in [5, 5.41) is 12.8. The maximum atomic E-state index is 9.48. The summed E-state index contributed by atoms with van der Waals surface area (Å²) in [6.45, 7) is 4.70. The molecule has 1 unspecified atom stereocenters. The third kappa shape index (κ3) is 4.17. The molecule has 3 nitrogen and oxygen atoms in total. The number of thioether (sulfide) groups is 1.